The third-order valence-electron chi connectivity index (χ3n) is 3.10. The maximum Gasteiger partial charge on any atom is 0.133 e. The van der Waals surface area contributed by atoms with E-state index < -0.39 is 0 Å². The molecule has 0 aliphatic rings. The van der Waals surface area contributed by atoms with Crippen LogP contribution in [-0.2, 0) is 6.42 Å². The van der Waals surface area contributed by atoms with Gasteiger partial charge in [-0.25, -0.2) is 4.98 Å². The molecule has 0 aliphatic carbocycles. The van der Waals surface area contributed by atoms with Crippen LogP contribution in [-0.4, -0.2) is 22.0 Å². The number of anilines is 1. The van der Waals surface area contributed by atoms with Gasteiger partial charge in [-0.2, -0.15) is 0 Å². The molecule has 0 saturated heterocycles. The molecular formula is C16H19Br2N3O. The van der Waals surface area contributed by atoms with E-state index in [-0.39, 0.29) is 39.4 Å². The molecule has 3 N–H and O–H groups in total. The van der Waals surface area contributed by atoms with E-state index in [2.05, 4.69) is 33.5 Å². The van der Waals surface area contributed by atoms with Crippen LogP contribution in [0, 0.1) is 0 Å². The minimum Gasteiger partial charge on any atom is -0.412 e. The highest BCUT2D eigenvalue weighted by Gasteiger charge is 2.00. The highest BCUT2D eigenvalue weighted by molar-refractivity contribution is 8.93. The second-order valence-corrected chi connectivity index (χ2v) is 4.42. The van der Waals surface area contributed by atoms with Crippen LogP contribution in [0.5, 0.6) is 0 Å². The van der Waals surface area contributed by atoms with Crippen LogP contribution in [0.3, 0.4) is 0 Å². The van der Waals surface area contributed by atoms with Crippen LogP contribution in [0.25, 0.3) is 10.8 Å². The van der Waals surface area contributed by atoms with Crippen molar-refractivity contribution >= 4 is 50.6 Å². The molecule has 2 aromatic heterocycles. The van der Waals surface area contributed by atoms with E-state index in [1.54, 1.807) is 6.20 Å². The number of hydrogen-bond acceptors (Lipinski definition) is 3. The Bertz CT molecular complexity index is 675. The molecule has 3 rings (SSSR count). The zero-order valence-corrected chi connectivity index (χ0v) is 15.3. The van der Waals surface area contributed by atoms with Crippen LogP contribution in [0.15, 0.2) is 61.1 Å². The molecule has 0 bridgehead atoms. The average Bonchev–Trinajstić information content (AvgIpc) is 2.49. The number of nitrogens with zero attached hydrogens (tertiary/aromatic N) is 2. The van der Waals surface area contributed by atoms with Crippen molar-refractivity contribution in [1.82, 2.24) is 9.97 Å². The molecular weight excluding hydrogens is 410 g/mol. The van der Waals surface area contributed by atoms with Gasteiger partial charge in [0.25, 0.3) is 0 Å². The van der Waals surface area contributed by atoms with Crippen molar-refractivity contribution in [1.29, 1.82) is 0 Å². The van der Waals surface area contributed by atoms with Crippen LogP contribution in [0.4, 0.5) is 5.82 Å². The number of nitrogens with one attached hydrogen (secondary N) is 1. The first-order chi connectivity index (χ1) is 9.43. The maximum absolute atomic E-state index is 4.41. The van der Waals surface area contributed by atoms with Crippen LogP contribution in [0.2, 0.25) is 0 Å². The Morgan fingerprint density at radius 2 is 1.73 bits per heavy atom. The molecule has 0 unspecified atom stereocenters. The van der Waals surface area contributed by atoms with Gasteiger partial charge in [0.05, 0.1) is 0 Å². The number of fused-ring (bicyclic) bond motifs is 1. The van der Waals surface area contributed by atoms with E-state index in [4.69, 9.17) is 0 Å². The fourth-order valence-electron chi connectivity index (χ4n) is 2.13. The van der Waals surface area contributed by atoms with Gasteiger partial charge in [-0.15, -0.1) is 34.0 Å². The number of benzene rings is 1. The van der Waals surface area contributed by atoms with Crippen molar-refractivity contribution in [2.45, 2.75) is 6.42 Å². The zero-order chi connectivity index (χ0) is 12.9. The number of rotatable bonds is 4. The average molecular weight is 429 g/mol. The molecule has 0 radical (unpaired) electrons. The number of pyridine rings is 2. The number of aromatic nitrogens is 2. The van der Waals surface area contributed by atoms with E-state index in [1.807, 2.05) is 36.7 Å². The lowest BCUT2D eigenvalue weighted by atomic mass is 10.1. The molecule has 0 spiro atoms. The molecule has 22 heavy (non-hydrogen) atoms. The van der Waals surface area contributed by atoms with E-state index >= 15 is 0 Å². The molecule has 0 atom stereocenters. The van der Waals surface area contributed by atoms with Crippen LogP contribution < -0.4 is 5.32 Å². The van der Waals surface area contributed by atoms with Crippen molar-refractivity contribution in [2.24, 2.45) is 0 Å². The second-order valence-electron chi connectivity index (χ2n) is 4.42. The van der Waals surface area contributed by atoms with E-state index in [9.17, 15) is 0 Å². The lowest BCUT2D eigenvalue weighted by molar-refractivity contribution is 0.824. The second kappa shape index (κ2) is 10.3. The van der Waals surface area contributed by atoms with E-state index in [0.29, 0.717) is 0 Å². The van der Waals surface area contributed by atoms with Crippen molar-refractivity contribution in [3.8, 4) is 0 Å². The number of hydrogen-bond donors (Lipinski definition) is 1. The van der Waals surface area contributed by atoms with Gasteiger partial charge in [0.15, 0.2) is 0 Å². The SMILES string of the molecule is Br.Br.O.c1cncc(CCNc2nccc3ccccc23)c1. The third kappa shape index (κ3) is 5.05. The van der Waals surface area contributed by atoms with Crippen molar-refractivity contribution < 1.29 is 5.48 Å². The zero-order valence-electron chi connectivity index (χ0n) is 11.9. The Hall–Kier alpha value is -1.50. The van der Waals surface area contributed by atoms with Gasteiger partial charge in [0.2, 0.25) is 0 Å². The Morgan fingerprint density at radius 1 is 0.909 bits per heavy atom. The molecule has 1 aromatic carbocycles. The first-order valence-corrected chi connectivity index (χ1v) is 6.40. The molecule has 0 fully saturated rings. The van der Waals surface area contributed by atoms with E-state index in [1.165, 1.54) is 10.9 Å². The summed E-state index contributed by atoms with van der Waals surface area (Å²) >= 11 is 0. The summed E-state index contributed by atoms with van der Waals surface area (Å²) in [6, 6.07) is 14.4. The highest BCUT2D eigenvalue weighted by Crippen LogP contribution is 2.20. The number of halogens is 2. The smallest absolute Gasteiger partial charge is 0.133 e. The first-order valence-electron chi connectivity index (χ1n) is 6.40. The Labute approximate surface area is 150 Å². The summed E-state index contributed by atoms with van der Waals surface area (Å²) in [4.78, 5) is 8.53. The molecule has 4 nitrogen and oxygen atoms in total. The topological polar surface area (TPSA) is 69.3 Å². The maximum atomic E-state index is 4.41. The predicted molar refractivity (Wildman–Crippen MR) is 102 cm³/mol. The van der Waals surface area contributed by atoms with Gasteiger partial charge >= 0.3 is 0 Å². The Balaban J connectivity index is 0.00000147. The van der Waals surface area contributed by atoms with Crippen molar-refractivity contribution in [2.75, 3.05) is 11.9 Å². The van der Waals surface area contributed by atoms with Crippen molar-refractivity contribution in [3.05, 3.63) is 66.6 Å². The van der Waals surface area contributed by atoms with E-state index in [0.717, 1.165) is 24.2 Å². The largest absolute Gasteiger partial charge is 0.412 e. The molecule has 0 saturated carbocycles. The van der Waals surface area contributed by atoms with Gasteiger partial charge in [0.1, 0.15) is 5.82 Å². The minimum atomic E-state index is 0. The summed E-state index contributed by atoms with van der Waals surface area (Å²) in [5.74, 6) is 0.946. The Kier molecular flexibility index (Phi) is 9.56. The van der Waals surface area contributed by atoms with Gasteiger partial charge in [-0.1, -0.05) is 30.3 Å². The Morgan fingerprint density at radius 3 is 2.50 bits per heavy atom. The molecule has 3 aromatic rings. The first kappa shape index (κ1) is 20.5. The fraction of sp³-hybridized carbons (Fsp3) is 0.125. The quantitative estimate of drug-likeness (QED) is 0.689. The van der Waals surface area contributed by atoms with Gasteiger partial charge in [-0.05, 0) is 29.5 Å². The summed E-state index contributed by atoms with van der Waals surface area (Å²) < 4.78 is 0. The van der Waals surface area contributed by atoms with Gasteiger partial charge in [-0.3, -0.25) is 4.98 Å². The van der Waals surface area contributed by atoms with Crippen molar-refractivity contribution in [3.63, 3.8) is 0 Å². The summed E-state index contributed by atoms with van der Waals surface area (Å²) in [6.07, 6.45) is 6.48. The molecule has 118 valence electrons. The van der Waals surface area contributed by atoms with Crippen LogP contribution in [0.1, 0.15) is 5.56 Å². The molecule has 0 aliphatic heterocycles. The van der Waals surface area contributed by atoms with Crippen LogP contribution >= 0.6 is 34.0 Å². The monoisotopic (exact) mass is 427 g/mol. The minimum absolute atomic E-state index is 0. The molecule has 6 heteroatoms. The summed E-state index contributed by atoms with van der Waals surface area (Å²) in [7, 11) is 0. The lowest BCUT2D eigenvalue weighted by Crippen LogP contribution is -2.06. The normalized spacial score (nSPS) is 9.09. The van der Waals surface area contributed by atoms with Gasteiger partial charge < -0.3 is 10.8 Å². The predicted octanol–water partition coefficient (Wildman–Crippen LogP) is 3.62. The lowest BCUT2D eigenvalue weighted by Gasteiger charge is -2.08. The fourth-order valence-corrected chi connectivity index (χ4v) is 2.13. The summed E-state index contributed by atoms with van der Waals surface area (Å²) in [5, 5.41) is 5.77. The molecule has 2 heterocycles. The summed E-state index contributed by atoms with van der Waals surface area (Å²) in [6.45, 7) is 0.854. The standard InChI is InChI=1S/C16H15N3.2BrH.H2O/c1-2-6-15-14(5-1)8-11-19-16(15)18-10-7-13-4-3-9-17-12-13;;;/h1-6,8-9,11-12H,7,10H2,(H,18,19);2*1H;1H2. The third-order valence-corrected chi connectivity index (χ3v) is 3.10. The highest BCUT2D eigenvalue weighted by atomic mass is 79.9. The summed E-state index contributed by atoms with van der Waals surface area (Å²) in [5.41, 5.74) is 1.23. The van der Waals surface area contributed by atoms with Gasteiger partial charge in [0, 0.05) is 30.5 Å². The molecule has 0 amide bonds.